The third-order valence-electron chi connectivity index (χ3n) is 5.65. The van der Waals surface area contributed by atoms with Crippen LogP contribution in [0, 0.1) is 10.1 Å². The minimum absolute atomic E-state index is 0.0322. The Morgan fingerprint density at radius 2 is 1.61 bits per heavy atom. The molecule has 0 aliphatic heterocycles. The third kappa shape index (κ3) is 6.01. The molecule has 0 fully saturated rings. The van der Waals surface area contributed by atoms with E-state index in [9.17, 15) is 14.9 Å². The number of nitrogens with one attached hydrogen (secondary N) is 1. The Morgan fingerprint density at radius 3 is 2.22 bits per heavy atom. The van der Waals surface area contributed by atoms with E-state index in [0.717, 1.165) is 52.8 Å². The van der Waals surface area contributed by atoms with Crippen LogP contribution in [0.4, 0.5) is 5.69 Å². The van der Waals surface area contributed by atoms with Crippen molar-refractivity contribution in [1.82, 2.24) is 14.9 Å². The fraction of sp³-hybridized carbons (Fsp3) is 0.214. The second-order valence-electron chi connectivity index (χ2n) is 8.24. The van der Waals surface area contributed by atoms with E-state index in [1.165, 1.54) is 24.3 Å². The molecular formula is C28H28N4O3S. The first-order valence-electron chi connectivity index (χ1n) is 11.9. The maximum atomic E-state index is 12.4. The van der Waals surface area contributed by atoms with Crippen molar-refractivity contribution in [2.24, 2.45) is 0 Å². The molecule has 0 atom stereocenters. The van der Waals surface area contributed by atoms with Gasteiger partial charge in [0.05, 0.1) is 16.3 Å². The summed E-state index contributed by atoms with van der Waals surface area (Å²) in [5, 5.41) is 14.6. The minimum atomic E-state index is -0.478. The number of imidazole rings is 1. The largest absolute Gasteiger partial charge is 0.352 e. The lowest BCUT2D eigenvalue weighted by atomic mass is 10.0. The predicted molar refractivity (Wildman–Crippen MR) is 144 cm³/mol. The number of non-ortho nitro benzene ring substituents is 1. The van der Waals surface area contributed by atoms with E-state index in [2.05, 4.69) is 41.1 Å². The molecule has 0 bridgehead atoms. The molecule has 4 rings (SSSR count). The lowest BCUT2D eigenvalue weighted by molar-refractivity contribution is -0.384. The molecule has 3 aromatic carbocycles. The molecule has 0 saturated heterocycles. The summed E-state index contributed by atoms with van der Waals surface area (Å²) in [5.74, 6) is 0.559. The van der Waals surface area contributed by atoms with Gasteiger partial charge in [0.2, 0.25) is 0 Å². The van der Waals surface area contributed by atoms with Crippen LogP contribution >= 0.6 is 11.8 Å². The van der Waals surface area contributed by atoms with E-state index in [1.54, 1.807) is 11.8 Å². The molecule has 4 aromatic rings. The number of hydrogen-bond acceptors (Lipinski definition) is 5. The summed E-state index contributed by atoms with van der Waals surface area (Å²) in [6, 6.07) is 26.2. The zero-order valence-electron chi connectivity index (χ0n) is 20.1. The van der Waals surface area contributed by atoms with E-state index in [4.69, 9.17) is 4.98 Å². The summed E-state index contributed by atoms with van der Waals surface area (Å²) in [6.45, 7) is 3.54. The highest BCUT2D eigenvalue weighted by molar-refractivity contribution is 7.99. The number of nitrogens with zero attached hydrogens (tertiary/aromatic N) is 3. The molecule has 0 unspecified atom stereocenters. The summed E-state index contributed by atoms with van der Waals surface area (Å²) in [6.07, 6.45) is 1.76. The summed E-state index contributed by atoms with van der Waals surface area (Å²) >= 11 is 1.69. The van der Waals surface area contributed by atoms with Gasteiger partial charge >= 0.3 is 0 Å². The zero-order valence-corrected chi connectivity index (χ0v) is 20.9. The van der Waals surface area contributed by atoms with Crippen LogP contribution in [-0.4, -0.2) is 32.7 Å². The highest BCUT2D eigenvalue weighted by Crippen LogP contribution is 2.36. The molecule has 184 valence electrons. The van der Waals surface area contributed by atoms with Crippen molar-refractivity contribution in [2.45, 2.75) is 31.5 Å². The molecule has 8 heteroatoms. The number of carbonyl (C=O) groups excluding carboxylic acids is 1. The first-order valence-corrected chi connectivity index (χ1v) is 12.9. The molecule has 0 saturated carbocycles. The number of rotatable bonds is 11. The molecule has 1 amide bonds. The van der Waals surface area contributed by atoms with Gasteiger partial charge in [-0.3, -0.25) is 14.9 Å². The number of hydrogen-bond donors (Lipinski definition) is 1. The number of aromatic nitrogens is 2. The van der Waals surface area contributed by atoms with Crippen molar-refractivity contribution >= 4 is 23.4 Å². The van der Waals surface area contributed by atoms with E-state index < -0.39 is 4.92 Å². The van der Waals surface area contributed by atoms with Gasteiger partial charge in [-0.05, 0) is 25.0 Å². The van der Waals surface area contributed by atoms with Crippen LogP contribution in [0.2, 0.25) is 0 Å². The van der Waals surface area contributed by atoms with Crippen molar-refractivity contribution in [3.8, 4) is 22.5 Å². The average Bonchev–Trinajstić information content (AvgIpc) is 3.27. The van der Waals surface area contributed by atoms with Crippen LogP contribution < -0.4 is 5.32 Å². The van der Waals surface area contributed by atoms with Crippen molar-refractivity contribution in [2.75, 3.05) is 12.3 Å². The molecule has 1 N–H and O–H groups in total. The van der Waals surface area contributed by atoms with Crippen molar-refractivity contribution < 1.29 is 9.72 Å². The third-order valence-corrected chi connectivity index (χ3v) is 6.72. The Balaban J connectivity index is 1.45. The van der Waals surface area contributed by atoms with Gasteiger partial charge < -0.3 is 9.88 Å². The number of amides is 1. The van der Waals surface area contributed by atoms with E-state index in [0.29, 0.717) is 12.1 Å². The summed E-state index contributed by atoms with van der Waals surface area (Å²) in [5.41, 5.74) is 4.70. The Hall–Kier alpha value is -3.91. The molecule has 0 aliphatic carbocycles. The number of benzene rings is 3. The van der Waals surface area contributed by atoms with Crippen molar-refractivity contribution in [3.63, 3.8) is 0 Å². The average molecular weight is 501 g/mol. The second-order valence-corrected chi connectivity index (χ2v) is 9.30. The summed E-state index contributed by atoms with van der Waals surface area (Å²) < 4.78 is 2.30. The Morgan fingerprint density at radius 1 is 0.972 bits per heavy atom. The van der Waals surface area contributed by atoms with Crippen LogP contribution in [0.15, 0.2) is 90.1 Å². The van der Waals surface area contributed by atoms with Gasteiger partial charge in [-0.15, -0.1) is 0 Å². The van der Waals surface area contributed by atoms with Gasteiger partial charge in [0.1, 0.15) is 0 Å². The van der Waals surface area contributed by atoms with E-state index in [-0.39, 0.29) is 11.6 Å². The Kier molecular flexibility index (Phi) is 8.52. The molecule has 1 aromatic heterocycles. The van der Waals surface area contributed by atoms with E-state index in [1.807, 2.05) is 36.4 Å². The van der Waals surface area contributed by atoms with Crippen LogP contribution in [0.5, 0.6) is 0 Å². The Bertz CT molecular complexity index is 1310. The normalized spacial score (nSPS) is 10.8. The van der Waals surface area contributed by atoms with Gasteiger partial charge in [-0.25, -0.2) is 4.98 Å². The first-order chi connectivity index (χ1) is 17.6. The van der Waals surface area contributed by atoms with Crippen molar-refractivity contribution in [1.29, 1.82) is 0 Å². The minimum Gasteiger partial charge on any atom is -0.352 e. The molecule has 36 heavy (non-hydrogen) atoms. The van der Waals surface area contributed by atoms with Gasteiger partial charge in [-0.1, -0.05) is 79.3 Å². The Labute approximate surface area is 214 Å². The molecule has 1 heterocycles. The molecule has 7 nitrogen and oxygen atoms in total. The zero-order chi connectivity index (χ0) is 25.3. The lowest BCUT2D eigenvalue weighted by Gasteiger charge is -2.12. The second kappa shape index (κ2) is 12.2. The van der Waals surface area contributed by atoms with Crippen LogP contribution in [0.1, 0.15) is 30.1 Å². The van der Waals surface area contributed by atoms with Gasteiger partial charge in [0, 0.05) is 47.7 Å². The van der Waals surface area contributed by atoms with Gasteiger partial charge in [0.15, 0.2) is 5.16 Å². The van der Waals surface area contributed by atoms with Crippen LogP contribution in [-0.2, 0) is 6.54 Å². The maximum Gasteiger partial charge on any atom is 0.269 e. The number of nitro benzene ring substituents is 1. The van der Waals surface area contributed by atoms with Crippen LogP contribution in [0.25, 0.3) is 22.5 Å². The fourth-order valence-electron chi connectivity index (χ4n) is 3.93. The smallest absolute Gasteiger partial charge is 0.269 e. The number of carbonyl (C=O) groups is 1. The monoisotopic (exact) mass is 500 g/mol. The predicted octanol–water partition coefficient (Wildman–Crippen LogP) is 6.45. The topological polar surface area (TPSA) is 90.1 Å². The first kappa shape index (κ1) is 25.2. The summed E-state index contributed by atoms with van der Waals surface area (Å²) in [7, 11) is 0. The number of thioether (sulfide) groups is 1. The fourth-order valence-corrected chi connectivity index (χ4v) is 4.90. The number of nitro groups is 1. The van der Waals surface area contributed by atoms with Crippen molar-refractivity contribution in [3.05, 3.63) is 101 Å². The van der Waals surface area contributed by atoms with Gasteiger partial charge in [0.25, 0.3) is 11.6 Å². The highest BCUT2D eigenvalue weighted by atomic mass is 32.2. The SMILES string of the molecule is CCCn1c(SCCCNC(=O)c2ccc([N+](=O)[O-])cc2)nc(-c2ccccc2)c1-c1ccccc1. The van der Waals surface area contributed by atoms with E-state index >= 15 is 0 Å². The quantitative estimate of drug-likeness (QED) is 0.111. The van der Waals surface area contributed by atoms with Gasteiger partial charge in [-0.2, -0.15) is 0 Å². The highest BCUT2D eigenvalue weighted by Gasteiger charge is 2.20. The summed E-state index contributed by atoms with van der Waals surface area (Å²) in [4.78, 5) is 27.7. The molecule has 0 spiro atoms. The molecule has 0 radical (unpaired) electrons. The molecular weight excluding hydrogens is 472 g/mol. The molecule has 0 aliphatic rings. The standard InChI is InChI=1S/C28H28N4O3S/c1-2-19-31-26(22-12-7-4-8-13-22)25(21-10-5-3-6-11-21)30-28(31)36-20-9-18-29-27(33)23-14-16-24(17-15-23)32(34)35/h3-8,10-17H,2,9,18-20H2,1H3,(H,29,33). The van der Waals surface area contributed by atoms with Crippen LogP contribution in [0.3, 0.4) is 0 Å². The maximum absolute atomic E-state index is 12.4. The lowest BCUT2D eigenvalue weighted by Crippen LogP contribution is -2.24.